The first-order valence-electron chi connectivity index (χ1n) is 10.2. The second-order valence-electron chi connectivity index (χ2n) is 7.68. The van der Waals surface area contributed by atoms with Crippen molar-refractivity contribution in [3.8, 4) is 5.75 Å². The lowest BCUT2D eigenvalue weighted by molar-refractivity contribution is -0.118. The minimum atomic E-state index is -3.79. The van der Waals surface area contributed by atoms with E-state index in [0.29, 0.717) is 22.7 Å². The molecule has 0 aliphatic carbocycles. The Bertz CT molecular complexity index is 1420. The molecule has 0 saturated carbocycles. The van der Waals surface area contributed by atoms with Crippen molar-refractivity contribution in [3.05, 3.63) is 76.8 Å². The van der Waals surface area contributed by atoms with Gasteiger partial charge in [-0.05, 0) is 73.2 Å². The normalized spacial score (nSPS) is 11.8. The van der Waals surface area contributed by atoms with Crippen LogP contribution in [0.5, 0.6) is 5.75 Å². The first-order valence-corrected chi connectivity index (χ1v) is 13.9. The lowest BCUT2D eigenvalue weighted by Crippen LogP contribution is -2.23. The van der Waals surface area contributed by atoms with E-state index in [0.717, 1.165) is 8.78 Å². The van der Waals surface area contributed by atoms with Crippen LogP contribution in [0, 0.1) is 6.92 Å². The predicted octanol–water partition coefficient (Wildman–Crippen LogP) is 3.83. The molecule has 0 heterocycles. The van der Waals surface area contributed by atoms with Gasteiger partial charge in [-0.1, -0.05) is 22.0 Å². The number of halogens is 1. The van der Waals surface area contributed by atoms with Crippen LogP contribution in [0.1, 0.15) is 5.56 Å². The molecule has 9 nitrogen and oxygen atoms in total. The Morgan fingerprint density at radius 3 is 2.11 bits per heavy atom. The van der Waals surface area contributed by atoms with Gasteiger partial charge in [0.15, 0.2) is 6.61 Å². The lowest BCUT2D eigenvalue weighted by Gasteiger charge is -2.14. The molecule has 0 aliphatic rings. The zero-order chi connectivity index (χ0) is 25.8. The fourth-order valence-electron chi connectivity index (χ4n) is 2.89. The van der Waals surface area contributed by atoms with Gasteiger partial charge in [-0.2, -0.15) is 0 Å². The minimum Gasteiger partial charge on any atom is -0.484 e. The molecule has 35 heavy (non-hydrogen) atoms. The van der Waals surface area contributed by atoms with E-state index in [-0.39, 0.29) is 16.4 Å². The van der Waals surface area contributed by atoms with E-state index >= 15 is 0 Å². The fourth-order valence-corrected chi connectivity index (χ4v) is 5.14. The van der Waals surface area contributed by atoms with Crippen molar-refractivity contribution in [2.45, 2.75) is 16.7 Å². The van der Waals surface area contributed by atoms with Gasteiger partial charge in [-0.15, -0.1) is 0 Å². The first kappa shape index (κ1) is 26.7. The minimum absolute atomic E-state index is 0.0340. The molecule has 0 fully saturated rings. The second kappa shape index (κ2) is 10.8. The summed E-state index contributed by atoms with van der Waals surface area (Å²) in [6, 6.07) is 16.8. The molecule has 186 valence electrons. The number of hydrogen-bond donors (Lipinski definition) is 2. The summed E-state index contributed by atoms with van der Waals surface area (Å²) in [6.45, 7) is 1.39. The molecule has 0 atom stereocenters. The highest BCUT2D eigenvalue weighted by atomic mass is 79.9. The van der Waals surface area contributed by atoms with Crippen LogP contribution in [0.3, 0.4) is 0 Å². The average Bonchev–Trinajstić information content (AvgIpc) is 2.80. The van der Waals surface area contributed by atoms with Crippen molar-refractivity contribution < 1.29 is 26.4 Å². The molecule has 3 rings (SSSR count). The Labute approximate surface area is 213 Å². The average molecular weight is 582 g/mol. The summed E-state index contributed by atoms with van der Waals surface area (Å²) in [6.07, 6.45) is 0. The molecular weight excluding hydrogens is 558 g/mol. The third kappa shape index (κ3) is 6.82. The van der Waals surface area contributed by atoms with Gasteiger partial charge in [0.2, 0.25) is 10.0 Å². The van der Waals surface area contributed by atoms with Gasteiger partial charge < -0.3 is 10.1 Å². The van der Waals surface area contributed by atoms with Crippen LogP contribution in [0.4, 0.5) is 11.4 Å². The Balaban J connectivity index is 1.62. The van der Waals surface area contributed by atoms with Gasteiger partial charge >= 0.3 is 0 Å². The number of benzene rings is 3. The van der Waals surface area contributed by atoms with Crippen molar-refractivity contribution in [2.75, 3.05) is 30.7 Å². The van der Waals surface area contributed by atoms with E-state index in [1.807, 2.05) is 0 Å². The topological polar surface area (TPSA) is 122 Å². The molecule has 0 spiro atoms. The van der Waals surface area contributed by atoms with Gasteiger partial charge in [-0.3, -0.25) is 9.52 Å². The highest BCUT2D eigenvalue weighted by Crippen LogP contribution is 2.23. The molecule has 0 bridgehead atoms. The number of carbonyl (C=O) groups is 1. The first-order chi connectivity index (χ1) is 16.4. The smallest absolute Gasteiger partial charge is 0.262 e. The van der Waals surface area contributed by atoms with Gasteiger partial charge in [-0.25, -0.2) is 21.1 Å². The Morgan fingerprint density at radius 1 is 0.914 bits per heavy atom. The number of nitrogens with one attached hydrogen (secondary N) is 2. The molecule has 1 amide bonds. The monoisotopic (exact) mass is 581 g/mol. The molecule has 12 heteroatoms. The highest BCUT2D eigenvalue weighted by Gasteiger charge is 2.19. The third-order valence-corrected chi connectivity index (χ3v) is 8.60. The molecular formula is C23H24BrN3O6S2. The van der Waals surface area contributed by atoms with E-state index < -0.39 is 26.0 Å². The van der Waals surface area contributed by atoms with Gasteiger partial charge in [0.25, 0.3) is 15.9 Å². The summed E-state index contributed by atoms with van der Waals surface area (Å²) in [7, 11) is -4.60. The van der Waals surface area contributed by atoms with Gasteiger partial charge in [0.05, 0.1) is 9.79 Å². The Hall–Kier alpha value is -2.93. The van der Waals surface area contributed by atoms with E-state index in [9.17, 15) is 21.6 Å². The zero-order valence-electron chi connectivity index (χ0n) is 19.1. The SMILES string of the molecule is Cc1ccc(S(=O)(=O)N(C)C)cc1NC(=O)COc1ccc(S(=O)(=O)Nc2ccc(Br)cc2)cc1. The number of ether oxygens (including phenoxy) is 1. The number of rotatable bonds is 9. The molecule has 3 aromatic rings. The second-order valence-corrected chi connectivity index (χ2v) is 12.4. The highest BCUT2D eigenvalue weighted by molar-refractivity contribution is 9.10. The van der Waals surface area contributed by atoms with Crippen LogP contribution < -0.4 is 14.8 Å². The summed E-state index contributed by atoms with van der Waals surface area (Å²) in [5.41, 5.74) is 1.45. The summed E-state index contributed by atoms with van der Waals surface area (Å²) in [5, 5.41) is 2.64. The molecule has 3 aromatic carbocycles. The Kier molecular flexibility index (Phi) is 8.21. The van der Waals surface area contributed by atoms with Crippen molar-refractivity contribution >= 4 is 53.3 Å². The maximum Gasteiger partial charge on any atom is 0.262 e. The van der Waals surface area contributed by atoms with Crippen LogP contribution in [0.2, 0.25) is 0 Å². The number of amides is 1. The number of sulfonamides is 2. The molecule has 2 N–H and O–H groups in total. The quantitative estimate of drug-likeness (QED) is 0.396. The van der Waals surface area contributed by atoms with Crippen LogP contribution in [0.25, 0.3) is 0 Å². The van der Waals surface area contributed by atoms with Crippen LogP contribution in [-0.2, 0) is 24.8 Å². The van der Waals surface area contributed by atoms with Crippen molar-refractivity contribution in [1.82, 2.24) is 4.31 Å². The van der Waals surface area contributed by atoms with Crippen LogP contribution >= 0.6 is 15.9 Å². The maximum atomic E-state index is 12.6. The van der Waals surface area contributed by atoms with E-state index in [2.05, 4.69) is 26.0 Å². The number of anilines is 2. The molecule has 0 aromatic heterocycles. The van der Waals surface area contributed by atoms with Crippen molar-refractivity contribution in [3.63, 3.8) is 0 Å². The summed E-state index contributed by atoms with van der Waals surface area (Å²) in [4.78, 5) is 12.5. The number of aryl methyl sites for hydroxylation is 1. The van der Waals surface area contributed by atoms with Gasteiger partial charge in [0.1, 0.15) is 5.75 Å². The van der Waals surface area contributed by atoms with Crippen molar-refractivity contribution in [2.24, 2.45) is 0 Å². The molecule has 0 aliphatic heterocycles. The van der Waals surface area contributed by atoms with Crippen molar-refractivity contribution in [1.29, 1.82) is 0 Å². The third-order valence-electron chi connectivity index (χ3n) is 4.86. The lowest BCUT2D eigenvalue weighted by atomic mass is 10.2. The van der Waals surface area contributed by atoms with Crippen LogP contribution in [0.15, 0.2) is 81.0 Å². The molecule has 0 radical (unpaired) electrons. The maximum absolute atomic E-state index is 12.6. The standard InChI is InChI=1S/C23H24BrN3O6S2/c1-16-4-11-21(35(31,32)27(2)3)14-22(16)25-23(28)15-33-19-9-12-20(13-10-19)34(29,30)26-18-7-5-17(24)6-8-18/h4-14,26H,15H2,1-3H3,(H,25,28). The number of carbonyl (C=O) groups excluding carboxylic acids is 1. The van der Waals surface area contributed by atoms with Gasteiger partial charge in [0, 0.05) is 29.9 Å². The predicted molar refractivity (Wildman–Crippen MR) is 138 cm³/mol. The Morgan fingerprint density at radius 2 is 1.51 bits per heavy atom. The summed E-state index contributed by atoms with van der Waals surface area (Å²) >= 11 is 3.30. The zero-order valence-corrected chi connectivity index (χ0v) is 22.4. The summed E-state index contributed by atoms with van der Waals surface area (Å²) < 4.78 is 59.7. The number of nitrogens with zero attached hydrogens (tertiary/aromatic N) is 1. The molecule has 0 unspecified atom stereocenters. The largest absolute Gasteiger partial charge is 0.484 e. The fraction of sp³-hybridized carbons (Fsp3) is 0.174. The number of hydrogen-bond acceptors (Lipinski definition) is 6. The summed E-state index contributed by atoms with van der Waals surface area (Å²) in [5.74, 6) is -0.204. The van der Waals surface area contributed by atoms with E-state index in [1.165, 1.54) is 50.5 Å². The van der Waals surface area contributed by atoms with E-state index in [1.54, 1.807) is 37.3 Å². The van der Waals surface area contributed by atoms with E-state index in [4.69, 9.17) is 4.74 Å². The van der Waals surface area contributed by atoms with Crippen LogP contribution in [-0.4, -0.2) is 47.8 Å². The molecule has 0 saturated heterocycles.